The monoisotopic (exact) mass is 348 g/mol. The Morgan fingerprint density at radius 3 is 2.13 bits per heavy atom. The van der Waals surface area contributed by atoms with Gasteiger partial charge < -0.3 is 9.80 Å². The van der Waals surface area contributed by atoms with Crippen molar-refractivity contribution in [2.24, 2.45) is 0 Å². The van der Waals surface area contributed by atoms with Crippen LogP contribution in [0.1, 0.15) is 5.56 Å². The van der Waals surface area contributed by atoms with E-state index in [1.165, 1.54) is 14.1 Å². The second-order valence-corrected chi connectivity index (χ2v) is 6.30. The van der Waals surface area contributed by atoms with Crippen LogP contribution in [0.15, 0.2) is 29.2 Å². The van der Waals surface area contributed by atoms with Crippen LogP contribution in [-0.2, 0) is 9.59 Å². The molecular weight excluding hydrogens is 329 g/mol. The van der Waals surface area contributed by atoms with E-state index in [1.54, 1.807) is 12.1 Å². The van der Waals surface area contributed by atoms with Crippen LogP contribution in [0.3, 0.4) is 0 Å². The van der Waals surface area contributed by atoms with Gasteiger partial charge in [-0.1, -0.05) is 17.7 Å². The number of aryl methyl sites for hydroxylation is 1. The Morgan fingerprint density at radius 2 is 1.65 bits per heavy atom. The summed E-state index contributed by atoms with van der Waals surface area (Å²) in [4.78, 5) is 26.2. The Bertz CT molecular complexity index is 545. The van der Waals surface area contributed by atoms with Gasteiger partial charge in [0.05, 0.1) is 5.75 Å². The van der Waals surface area contributed by atoms with Crippen molar-refractivity contribution in [1.29, 1.82) is 0 Å². The zero-order valence-electron chi connectivity index (χ0n) is 13.2. The quantitative estimate of drug-likeness (QED) is 0.742. The Morgan fingerprint density at radius 1 is 1.09 bits per heavy atom. The summed E-state index contributed by atoms with van der Waals surface area (Å²) >= 11 is 1.14. The maximum Gasteiger partial charge on any atom is 0.406 e. The molecule has 0 radical (unpaired) electrons. The summed E-state index contributed by atoms with van der Waals surface area (Å²) in [5, 5.41) is 0. The number of nitrogens with zero attached hydrogens (tertiary/aromatic N) is 2. The van der Waals surface area contributed by atoms with E-state index >= 15 is 0 Å². The molecular formula is C15H19F3N2O2S. The fraction of sp³-hybridized carbons (Fsp3) is 0.467. The molecule has 0 aliphatic carbocycles. The molecule has 0 heterocycles. The topological polar surface area (TPSA) is 40.6 Å². The van der Waals surface area contributed by atoms with Crippen LogP contribution in [0, 0.1) is 6.92 Å². The van der Waals surface area contributed by atoms with Gasteiger partial charge in [-0.3, -0.25) is 9.59 Å². The van der Waals surface area contributed by atoms with Gasteiger partial charge in [-0.25, -0.2) is 0 Å². The van der Waals surface area contributed by atoms with Crippen LogP contribution in [-0.4, -0.2) is 60.7 Å². The number of carbonyl (C=O) groups is 2. The number of halogens is 3. The third kappa shape index (κ3) is 7.40. The molecule has 0 aliphatic heterocycles. The average molecular weight is 348 g/mol. The van der Waals surface area contributed by atoms with E-state index in [2.05, 4.69) is 0 Å². The van der Waals surface area contributed by atoms with Gasteiger partial charge in [0.2, 0.25) is 11.8 Å². The van der Waals surface area contributed by atoms with Gasteiger partial charge in [-0.2, -0.15) is 13.2 Å². The van der Waals surface area contributed by atoms with Crippen molar-refractivity contribution in [3.63, 3.8) is 0 Å². The smallest absolute Gasteiger partial charge is 0.347 e. The molecule has 23 heavy (non-hydrogen) atoms. The lowest BCUT2D eigenvalue weighted by atomic mass is 10.2. The minimum atomic E-state index is -4.54. The molecule has 1 aromatic carbocycles. The first-order valence-corrected chi connectivity index (χ1v) is 7.81. The van der Waals surface area contributed by atoms with Crippen molar-refractivity contribution < 1.29 is 22.8 Å². The average Bonchev–Trinajstić information content (AvgIpc) is 2.44. The van der Waals surface area contributed by atoms with Crippen molar-refractivity contribution in [2.75, 3.05) is 32.9 Å². The predicted molar refractivity (Wildman–Crippen MR) is 83.2 cm³/mol. The van der Waals surface area contributed by atoms with Gasteiger partial charge in [0.25, 0.3) is 0 Å². The molecule has 128 valence electrons. The SMILES string of the molecule is Cc1ccc(SCC(=O)N(CC(=O)N(C)C)CC(F)(F)F)cc1. The summed E-state index contributed by atoms with van der Waals surface area (Å²) in [7, 11) is 2.86. The van der Waals surface area contributed by atoms with E-state index in [4.69, 9.17) is 0 Å². The zero-order valence-corrected chi connectivity index (χ0v) is 14.0. The van der Waals surface area contributed by atoms with Gasteiger partial charge in [0, 0.05) is 19.0 Å². The second-order valence-electron chi connectivity index (χ2n) is 5.25. The summed E-state index contributed by atoms with van der Waals surface area (Å²) in [6.45, 7) is -0.100. The normalized spacial score (nSPS) is 11.2. The largest absolute Gasteiger partial charge is 0.406 e. The maximum absolute atomic E-state index is 12.6. The predicted octanol–water partition coefficient (Wildman–Crippen LogP) is 2.57. The number of rotatable bonds is 6. The van der Waals surface area contributed by atoms with Crippen molar-refractivity contribution in [2.45, 2.75) is 18.0 Å². The number of carbonyl (C=O) groups excluding carboxylic acids is 2. The standard InChI is InChI=1S/C15H19F3N2O2S/c1-11-4-6-12(7-5-11)23-9-14(22)20(10-15(16,17)18)8-13(21)19(2)3/h4-7H,8-10H2,1-3H3. The molecule has 0 saturated heterocycles. The Hall–Kier alpha value is -1.70. The summed E-state index contributed by atoms with van der Waals surface area (Å²) in [6.07, 6.45) is -4.54. The van der Waals surface area contributed by atoms with E-state index in [9.17, 15) is 22.8 Å². The molecule has 0 bridgehead atoms. The minimum absolute atomic E-state index is 0.153. The minimum Gasteiger partial charge on any atom is -0.347 e. The fourth-order valence-electron chi connectivity index (χ4n) is 1.62. The first-order chi connectivity index (χ1) is 10.6. The summed E-state index contributed by atoms with van der Waals surface area (Å²) in [5.74, 6) is -1.43. The molecule has 0 spiro atoms. The van der Waals surface area contributed by atoms with Gasteiger partial charge in [-0.15, -0.1) is 11.8 Å². The molecule has 4 nitrogen and oxygen atoms in total. The molecule has 0 aliphatic rings. The number of thioether (sulfide) groups is 1. The van der Waals surface area contributed by atoms with Gasteiger partial charge in [0.1, 0.15) is 13.1 Å². The van der Waals surface area contributed by atoms with Crippen molar-refractivity contribution in [3.8, 4) is 0 Å². The highest BCUT2D eigenvalue weighted by atomic mass is 32.2. The summed E-state index contributed by atoms with van der Waals surface area (Å²) in [5.41, 5.74) is 1.05. The van der Waals surface area contributed by atoms with Crippen molar-refractivity contribution in [3.05, 3.63) is 29.8 Å². The first-order valence-electron chi connectivity index (χ1n) is 6.82. The molecule has 0 fully saturated rings. The molecule has 1 rings (SSSR count). The Kier molecular flexibility index (Phi) is 6.93. The molecule has 0 saturated carbocycles. The van der Waals surface area contributed by atoms with Crippen LogP contribution < -0.4 is 0 Å². The number of likely N-dealkylation sites (N-methyl/N-ethyl adjacent to an activating group) is 1. The van der Waals surface area contributed by atoms with E-state index in [1.807, 2.05) is 19.1 Å². The van der Waals surface area contributed by atoms with Gasteiger partial charge >= 0.3 is 6.18 Å². The molecule has 2 amide bonds. The number of hydrogen-bond acceptors (Lipinski definition) is 3. The van der Waals surface area contributed by atoms with Crippen molar-refractivity contribution >= 4 is 23.6 Å². The number of alkyl halides is 3. The Balaban J connectivity index is 2.70. The van der Waals surface area contributed by atoms with Gasteiger partial charge in [0.15, 0.2) is 0 Å². The Labute approximate surface area is 137 Å². The van der Waals surface area contributed by atoms with Crippen LogP contribution in [0.5, 0.6) is 0 Å². The van der Waals surface area contributed by atoms with Crippen LogP contribution in [0.25, 0.3) is 0 Å². The molecule has 8 heteroatoms. The molecule has 0 unspecified atom stereocenters. The lowest BCUT2D eigenvalue weighted by molar-refractivity contribution is -0.162. The highest BCUT2D eigenvalue weighted by molar-refractivity contribution is 8.00. The summed E-state index contributed by atoms with van der Waals surface area (Å²) in [6, 6.07) is 7.31. The number of amides is 2. The third-order valence-corrected chi connectivity index (χ3v) is 3.93. The third-order valence-electron chi connectivity index (χ3n) is 2.93. The zero-order chi connectivity index (χ0) is 17.6. The van der Waals surface area contributed by atoms with Crippen LogP contribution in [0.4, 0.5) is 13.2 Å². The lowest BCUT2D eigenvalue weighted by Gasteiger charge is -2.24. The lowest BCUT2D eigenvalue weighted by Crippen LogP contribution is -2.45. The van der Waals surface area contributed by atoms with E-state index in [-0.39, 0.29) is 5.75 Å². The number of hydrogen-bond donors (Lipinski definition) is 0. The van der Waals surface area contributed by atoms with E-state index < -0.39 is 31.1 Å². The maximum atomic E-state index is 12.6. The van der Waals surface area contributed by atoms with Crippen LogP contribution in [0.2, 0.25) is 0 Å². The first kappa shape index (κ1) is 19.3. The fourth-order valence-corrected chi connectivity index (χ4v) is 2.43. The van der Waals surface area contributed by atoms with E-state index in [0.29, 0.717) is 4.90 Å². The molecule has 0 atom stereocenters. The molecule has 0 aromatic heterocycles. The molecule has 1 aromatic rings. The summed E-state index contributed by atoms with van der Waals surface area (Å²) < 4.78 is 37.8. The highest BCUT2D eigenvalue weighted by Gasteiger charge is 2.34. The number of benzene rings is 1. The molecule has 0 N–H and O–H groups in total. The highest BCUT2D eigenvalue weighted by Crippen LogP contribution is 2.21. The van der Waals surface area contributed by atoms with Crippen LogP contribution >= 0.6 is 11.8 Å². The van der Waals surface area contributed by atoms with E-state index in [0.717, 1.165) is 27.1 Å². The van der Waals surface area contributed by atoms with Gasteiger partial charge in [-0.05, 0) is 19.1 Å². The van der Waals surface area contributed by atoms with Crippen molar-refractivity contribution in [1.82, 2.24) is 9.80 Å². The second kappa shape index (κ2) is 8.24.